The first-order chi connectivity index (χ1) is 12.7. The molecule has 0 radical (unpaired) electrons. The fraction of sp³-hybridized carbons (Fsp3) is 0.500. The van der Waals surface area contributed by atoms with Gasteiger partial charge in [-0.1, -0.05) is 18.2 Å². The minimum absolute atomic E-state index is 0.115. The molecule has 0 aliphatic carbocycles. The number of likely N-dealkylation sites (tertiary alicyclic amines) is 1. The van der Waals surface area contributed by atoms with E-state index in [4.69, 9.17) is 0 Å². The van der Waals surface area contributed by atoms with Crippen molar-refractivity contribution in [2.24, 2.45) is 0 Å². The number of hydrogen-bond donors (Lipinski definition) is 0. The highest BCUT2D eigenvalue weighted by Crippen LogP contribution is 2.27. The number of fused-ring (bicyclic) bond motifs is 1. The van der Waals surface area contributed by atoms with Crippen molar-refractivity contribution in [1.82, 2.24) is 14.7 Å². The van der Waals surface area contributed by atoms with E-state index in [2.05, 4.69) is 11.0 Å². The summed E-state index contributed by atoms with van der Waals surface area (Å²) in [4.78, 5) is 31.4. The standard InChI is InChI=1S/C20H25N3O2S/c24-19(22-8-4-1-5-9-22)14-21-10-12-23(13-11-21)20(25)17-15-26-18-7-3-2-6-16(17)18/h2-3,6-7,15H,1,4-5,8-14H2. The summed E-state index contributed by atoms with van der Waals surface area (Å²) in [6, 6.07) is 8.06. The summed E-state index contributed by atoms with van der Waals surface area (Å²) in [5, 5.41) is 3.02. The van der Waals surface area contributed by atoms with Gasteiger partial charge in [0.1, 0.15) is 0 Å². The quantitative estimate of drug-likeness (QED) is 0.833. The van der Waals surface area contributed by atoms with Gasteiger partial charge in [0.15, 0.2) is 0 Å². The average Bonchev–Trinajstić information content (AvgIpc) is 3.13. The zero-order valence-electron chi connectivity index (χ0n) is 15.0. The Bertz CT molecular complexity index is 789. The zero-order valence-corrected chi connectivity index (χ0v) is 15.8. The van der Waals surface area contributed by atoms with Gasteiger partial charge >= 0.3 is 0 Å². The average molecular weight is 372 g/mol. The predicted molar refractivity (Wildman–Crippen MR) is 105 cm³/mol. The third-order valence-corrected chi connectivity index (χ3v) is 6.40. The molecule has 2 fully saturated rings. The second kappa shape index (κ2) is 7.76. The van der Waals surface area contributed by atoms with E-state index in [9.17, 15) is 9.59 Å². The fourth-order valence-electron chi connectivity index (χ4n) is 3.86. The molecule has 2 saturated heterocycles. The van der Waals surface area contributed by atoms with Crippen LogP contribution in [0.4, 0.5) is 0 Å². The van der Waals surface area contributed by atoms with Crippen LogP contribution in [0.1, 0.15) is 29.6 Å². The number of piperazine rings is 1. The Kier molecular flexibility index (Phi) is 5.22. The first-order valence-electron chi connectivity index (χ1n) is 9.48. The summed E-state index contributed by atoms with van der Waals surface area (Å²) >= 11 is 1.62. The molecule has 138 valence electrons. The van der Waals surface area contributed by atoms with Gasteiger partial charge in [-0.25, -0.2) is 0 Å². The van der Waals surface area contributed by atoms with E-state index >= 15 is 0 Å². The Morgan fingerprint density at radius 2 is 1.62 bits per heavy atom. The number of rotatable bonds is 3. The summed E-state index contributed by atoms with van der Waals surface area (Å²) in [6.45, 7) is 5.22. The molecule has 1 aromatic carbocycles. The van der Waals surface area contributed by atoms with Gasteiger partial charge in [0.25, 0.3) is 5.91 Å². The molecular formula is C20H25N3O2S. The first kappa shape index (κ1) is 17.5. The lowest BCUT2D eigenvalue weighted by molar-refractivity contribution is -0.133. The molecule has 0 atom stereocenters. The number of hydrogen-bond acceptors (Lipinski definition) is 4. The molecule has 26 heavy (non-hydrogen) atoms. The Balaban J connectivity index is 1.33. The van der Waals surface area contributed by atoms with Crippen LogP contribution in [-0.2, 0) is 4.79 Å². The van der Waals surface area contributed by atoms with Gasteiger partial charge in [-0.2, -0.15) is 0 Å². The van der Waals surface area contributed by atoms with Crippen LogP contribution in [0.5, 0.6) is 0 Å². The van der Waals surface area contributed by atoms with Crippen LogP contribution in [0.3, 0.4) is 0 Å². The maximum absolute atomic E-state index is 12.9. The molecule has 2 amide bonds. The highest BCUT2D eigenvalue weighted by molar-refractivity contribution is 7.17. The Morgan fingerprint density at radius 3 is 2.38 bits per heavy atom. The molecule has 2 aliphatic heterocycles. The Hall–Kier alpha value is -1.92. The van der Waals surface area contributed by atoms with Crippen LogP contribution in [0, 0.1) is 0 Å². The number of carbonyl (C=O) groups is 2. The molecule has 6 heteroatoms. The third-order valence-electron chi connectivity index (χ3n) is 5.44. The Morgan fingerprint density at radius 1 is 0.885 bits per heavy atom. The van der Waals surface area contributed by atoms with E-state index in [1.807, 2.05) is 33.4 Å². The van der Waals surface area contributed by atoms with Crippen molar-refractivity contribution in [3.63, 3.8) is 0 Å². The monoisotopic (exact) mass is 371 g/mol. The molecule has 0 spiro atoms. The van der Waals surface area contributed by atoms with Gasteiger partial charge < -0.3 is 9.80 Å². The molecular weight excluding hydrogens is 346 g/mol. The maximum Gasteiger partial charge on any atom is 0.255 e. The molecule has 5 nitrogen and oxygen atoms in total. The molecule has 1 aromatic heterocycles. The number of carbonyl (C=O) groups excluding carboxylic acids is 2. The smallest absolute Gasteiger partial charge is 0.255 e. The number of thiophene rings is 1. The predicted octanol–water partition coefficient (Wildman–Crippen LogP) is 2.67. The third kappa shape index (κ3) is 3.62. The topological polar surface area (TPSA) is 43.9 Å². The minimum Gasteiger partial charge on any atom is -0.342 e. The Labute approximate surface area is 158 Å². The van der Waals surface area contributed by atoms with Gasteiger partial charge in [0.05, 0.1) is 12.1 Å². The van der Waals surface area contributed by atoms with Crippen LogP contribution < -0.4 is 0 Å². The molecule has 0 N–H and O–H groups in total. The summed E-state index contributed by atoms with van der Waals surface area (Å²) < 4.78 is 1.15. The van der Waals surface area contributed by atoms with Crippen LogP contribution in [0.25, 0.3) is 10.1 Å². The number of piperidine rings is 1. The van der Waals surface area contributed by atoms with E-state index in [0.29, 0.717) is 19.6 Å². The lowest BCUT2D eigenvalue weighted by Gasteiger charge is -2.36. The van der Waals surface area contributed by atoms with Crippen molar-refractivity contribution in [2.45, 2.75) is 19.3 Å². The van der Waals surface area contributed by atoms with Gasteiger partial charge in [0, 0.05) is 54.7 Å². The lowest BCUT2D eigenvalue weighted by atomic mass is 10.1. The number of amides is 2. The normalized spacial score (nSPS) is 19.1. The van der Waals surface area contributed by atoms with Gasteiger partial charge in [0.2, 0.25) is 5.91 Å². The second-order valence-corrected chi connectivity index (χ2v) is 8.07. The fourth-order valence-corrected chi connectivity index (χ4v) is 4.79. The SMILES string of the molecule is O=C(CN1CCN(C(=O)c2csc3ccccc23)CC1)N1CCCCC1. The van der Waals surface area contributed by atoms with Crippen molar-refractivity contribution in [3.05, 3.63) is 35.2 Å². The summed E-state index contributed by atoms with van der Waals surface area (Å²) in [5.74, 6) is 0.359. The highest BCUT2D eigenvalue weighted by Gasteiger charge is 2.26. The van der Waals surface area contributed by atoms with E-state index in [1.54, 1.807) is 11.3 Å². The molecule has 2 aliphatic rings. The van der Waals surface area contributed by atoms with E-state index in [1.165, 1.54) is 6.42 Å². The first-order valence-corrected chi connectivity index (χ1v) is 10.4. The van der Waals surface area contributed by atoms with Crippen molar-refractivity contribution in [3.8, 4) is 0 Å². The highest BCUT2D eigenvalue weighted by atomic mass is 32.1. The maximum atomic E-state index is 12.9. The van der Waals surface area contributed by atoms with E-state index in [0.717, 1.165) is 54.7 Å². The largest absolute Gasteiger partial charge is 0.342 e. The molecule has 0 unspecified atom stereocenters. The zero-order chi connectivity index (χ0) is 17.9. The van der Waals surface area contributed by atoms with Crippen molar-refractivity contribution >= 4 is 33.2 Å². The van der Waals surface area contributed by atoms with Crippen molar-refractivity contribution in [1.29, 1.82) is 0 Å². The number of benzene rings is 1. The minimum atomic E-state index is 0.115. The second-order valence-electron chi connectivity index (χ2n) is 7.16. The van der Waals surface area contributed by atoms with Crippen LogP contribution in [0.15, 0.2) is 29.6 Å². The summed E-state index contributed by atoms with van der Waals surface area (Å²) in [7, 11) is 0. The van der Waals surface area contributed by atoms with E-state index < -0.39 is 0 Å². The molecule has 4 rings (SSSR count). The van der Waals surface area contributed by atoms with Crippen LogP contribution in [0.2, 0.25) is 0 Å². The molecule has 0 bridgehead atoms. The van der Waals surface area contributed by atoms with Crippen molar-refractivity contribution < 1.29 is 9.59 Å². The summed E-state index contributed by atoms with van der Waals surface area (Å²) in [5.41, 5.74) is 0.809. The van der Waals surface area contributed by atoms with Crippen molar-refractivity contribution in [2.75, 3.05) is 45.8 Å². The van der Waals surface area contributed by atoms with Crippen LogP contribution in [-0.4, -0.2) is 72.3 Å². The van der Waals surface area contributed by atoms with Gasteiger partial charge in [-0.05, 0) is 25.3 Å². The molecule has 0 saturated carbocycles. The van der Waals surface area contributed by atoms with E-state index in [-0.39, 0.29) is 11.8 Å². The van der Waals surface area contributed by atoms with Gasteiger partial charge in [-0.3, -0.25) is 14.5 Å². The molecule has 2 aromatic rings. The number of nitrogens with zero attached hydrogens (tertiary/aromatic N) is 3. The molecule has 3 heterocycles. The van der Waals surface area contributed by atoms with Crippen LogP contribution >= 0.6 is 11.3 Å². The lowest BCUT2D eigenvalue weighted by Crippen LogP contribution is -2.52. The summed E-state index contributed by atoms with van der Waals surface area (Å²) in [6.07, 6.45) is 3.49. The van der Waals surface area contributed by atoms with Gasteiger partial charge in [-0.15, -0.1) is 11.3 Å².